The van der Waals surface area contributed by atoms with E-state index in [9.17, 15) is 31.1 Å². The van der Waals surface area contributed by atoms with Gasteiger partial charge in [-0.1, -0.05) is 0 Å². The number of nitrogens with one attached hydrogen (secondary N) is 1. The Labute approximate surface area is 169 Å². The van der Waals surface area contributed by atoms with Crippen LogP contribution in [0.5, 0.6) is 5.75 Å². The monoisotopic (exact) mass is 485 g/mol. The molecule has 0 aliphatic heterocycles. The fourth-order valence-electron chi connectivity index (χ4n) is 2.72. The quantitative estimate of drug-likeness (QED) is 0.552. The molecule has 1 aromatic carbocycles. The van der Waals surface area contributed by atoms with Crippen LogP contribution in [0.25, 0.3) is 0 Å². The first-order valence-corrected chi connectivity index (χ1v) is 9.22. The van der Waals surface area contributed by atoms with E-state index in [0.717, 1.165) is 25.0 Å². The number of amides is 1. The van der Waals surface area contributed by atoms with E-state index in [0.29, 0.717) is 5.69 Å². The van der Waals surface area contributed by atoms with Crippen LogP contribution in [-0.2, 0) is 17.5 Å². The number of hydrogen-bond acceptors (Lipinski definition) is 3. The van der Waals surface area contributed by atoms with E-state index < -0.39 is 29.9 Å². The molecule has 0 radical (unpaired) electrons. The predicted molar refractivity (Wildman–Crippen MR) is 93.3 cm³/mol. The van der Waals surface area contributed by atoms with Gasteiger partial charge in [-0.05, 0) is 53.0 Å². The van der Waals surface area contributed by atoms with Crippen molar-refractivity contribution >= 4 is 27.5 Å². The van der Waals surface area contributed by atoms with Gasteiger partial charge in [0, 0.05) is 18.0 Å². The number of ether oxygens (including phenoxy) is 1. The lowest BCUT2D eigenvalue weighted by Gasteiger charge is -2.10. The molecule has 0 bridgehead atoms. The molecular formula is C17H14BrF6N3O2. The molecule has 0 unspecified atom stereocenters. The molecule has 1 aliphatic carbocycles. The molecule has 1 fully saturated rings. The van der Waals surface area contributed by atoms with Crippen molar-refractivity contribution in [3.63, 3.8) is 0 Å². The molecule has 5 nitrogen and oxygen atoms in total. The van der Waals surface area contributed by atoms with Crippen molar-refractivity contribution in [3.8, 4) is 5.75 Å². The van der Waals surface area contributed by atoms with Crippen LogP contribution < -0.4 is 10.1 Å². The van der Waals surface area contributed by atoms with E-state index in [1.54, 1.807) is 0 Å². The van der Waals surface area contributed by atoms with Crippen molar-refractivity contribution in [1.29, 1.82) is 0 Å². The Morgan fingerprint density at radius 1 is 1.17 bits per heavy atom. The number of nitrogens with zero attached hydrogens (tertiary/aromatic N) is 2. The highest BCUT2D eigenvalue weighted by Crippen LogP contribution is 2.47. The molecule has 1 heterocycles. The van der Waals surface area contributed by atoms with Crippen LogP contribution in [-0.4, -0.2) is 22.1 Å². The van der Waals surface area contributed by atoms with Crippen LogP contribution in [0, 0.1) is 0 Å². The fraction of sp³-hybridized carbons (Fsp3) is 0.412. The van der Waals surface area contributed by atoms with Crippen LogP contribution in [0.4, 0.5) is 32.0 Å². The molecule has 0 spiro atoms. The highest BCUT2D eigenvalue weighted by molar-refractivity contribution is 9.10. The minimum Gasteiger partial charge on any atom is -0.406 e. The summed E-state index contributed by atoms with van der Waals surface area (Å²) in [6, 6.07) is 4.52. The lowest BCUT2D eigenvalue weighted by molar-refractivity contribution is -0.274. The summed E-state index contributed by atoms with van der Waals surface area (Å²) in [5, 5.41) is 6.08. The SMILES string of the molecule is O=C(CCn1nc(C(F)(F)F)c(Br)c1C1CC1)Nc1ccc(OC(F)(F)F)cc1. The Morgan fingerprint density at radius 3 is 2.31 bits per heavy atom. The van der Waals surface area contributed by atoms with E-state index in [2.05, 4.69) is 31.1 Å². The summed E-state index contributed by atoms with van der Waals surface area (Å²) in [6.45, 7) is -0.0678. The summed E-state index contributed by atoms with van der Waals surface area (Å²) in [5.74, 6) is -0.987. The Bertz CT molecular complexity index is 888. The number of anilines is 1. The van der Waals surface area contributed by atoms with Gasteiger partial charge in [0.2, 0.25) is 5.91 Å². The number of aryl methyl sites for hydroxylation is 1. The van der Waals surface area contributed by atoms with Gasteiger partial charge in [0.1, 0.15) is 5.75 Å². The molecule has 12 heteroatoms. The van der Waals surface area contributed by atoms with Crippen molar-refractivity contribution in [3.05, 3.63) is 40.1 Å². The van der Waals surface area contributed by atoms with Crippen molar-refractivity contribution in [2.75, 3.05) is 5.32 Å². The summed E-state index contributed by atoms with van der Waals surface area (Å²) < 4.78 is 80.5. The molecule has 2 aromatic rings. The summed E-state index contributed by atoms with van der Waals surface area (Å²) >= 11 is 2.97. The number of halogens is 7. The summed E-state index contributed by atoms with van der Waals surface area (Å²) in [5.41, 5.74) is -0.386. The fourth-order valence-corrected chi connectivity index (χ4v) is 3.55. The smallest absolute Gasteiger partial charge is 0.406 e. The van der Waals surface area contributed by atoms with Gasteiger partial charge in [-0.15, -0.1) is 13.2 Å². The van der Waals surface area contributed by atoms with E-state index in [1.165, 1.54) is 16.8 Å². The van der Waals surface area contributed by atoms with Gasteiger partial charge in [0.05, 0.1) is 16.7 Å². The first-order chi connectivity index (χ1) is 13.4. The maximum atomic E-state index is 13.1. The number of carbonyl (C=O) groups is 1. The second-order valence-electron chi connectivity index (χ2n) is 6.41. The first kappa shape index (κ1) is 21.5. The predicted octanol–water partition coefficient (Wildman–Crippen LogP) is 5.47. The number of alkyl halides is 6. The normalized spacial score (nSPS) is 14.7. The van der Waals surface area contributed by atoms with Crippen LogP contribution in [0.3, 0.4) is 0 Å². The van der Waals surface area contributed by atoms with Gasteiger partial charge < -0.3 is 10.1 Å². The van der Waals surface area contributed by atoms with Gasteiger partial charge in [-0.3, -0.25) is 9.48 Å². The largest absolute Gasteiger partial charge is 0.573 e. The zero-order valence-electron chi connectivity index (χ0n) is 14.6. The molecular weight excluding hydrogens is 472 g/mol. The summed E-state index contributed by atoms with van der Waals surface area (Å²) in [7, 11) is 0. The maximum Gasteiger partial charge on any atom is 0.573 e. The second-order valence-corrected chi connectivity index (χ2v) is 7.21. The van der Waals surface area contributed by atoms with Crippen molar-refractivity contribution in [2.24, 2.45) is 0 Å². The minimum atomic E-state index is -4.82. The van der Waals surface area contributed by atoms with Gasteiger partial charge in [-0.25, -0.2) is 0 Å². The standard InChI is InChI=1S/C17H14BrF6N3O2/c18-13-14(9-1-2-9)27(26-15(13)16(19,20)21)8-7-12(28)25-10-3-5-11(6-4-10)29-17(22,23)24/h3-6,9H,1-2,7-8H2,(H,25,28). The van der Waals surface area contributed by atoms with Gasteiger partial charge in [0.15, 0.2) is 5.69 Å². The van der Waals surface area contributed by atoms with Crippen LogP contribution in [0.1, 0.15) is 36.6 Å². The Hall–Kier alpha value is -2.24. The third-order valence-electron chi connectivity index (χ3n) is 4.09. The third-order valence-corrected chi connectivity index (χ3v) is 4.87. The average Bonchev–Trinajstić information content (AvgIpc) is 3.35. The second kappa shape index (κ2) is 7.88. The zero-order valence-corrected chi connectivity index (χ0v) is 16.2. The Morgan fingerprint density at radius 2 is 1.79 bits per heavy atom. The summed E-state index contributed by atoms with van der Waals surface area (Å²) in [4.78, 5) is 12.1. The summed E-state index contributed by atoms with van der Waals surface area (Å²) in [6.07, 6.45) is -8.10. The topological polar surface area (TPSA) is 56.2 Å². The first-order valence-electron chi connectivity index (χ1n) is 8.43. The highest BCUT2D eigenvalue weighted by atomic mass is 79.9. The molecule has 1 aromatic heterocycles. The molecule has 1 saturated carbocycles. The Kier molecular flexibility index (Phi) is 5.84. The molecule has 1 amide bonds. The van der Waals surface area contributed by atoms with Crippen LogP contribution >= 0.6 is 15.9 Å². The number of rotatable bonds is 6. The number of benzene rings is 1. The number of hydrogen-bond donors (Lipinski definition) is 1. The van der Waals surface area contributed by atoms with E-state index in [4.69, 9.17) is 0 Å². The van der Waals surface area contributed by atoms with E-state index in [1.807, 2.05) is 0 Å². The number of carbonyl (C=O) groups excluding carboxylic acids is 1. The molecule has 0 saturated heterocycles. The average molecular weight is 486 g/mol. The molecule has 1 N–H and O–H groups in total. The van der Waals surface area contributed by atoms with Gasteiger partial charge >= 0.3 is 12.5 Å². The molecule has 1 aliphatic rings. The van der Waals surface area contributed by atoms with Crippen LogP contribution in [0.15, 0.2) is 28.7 Å². The zero-order chi connectivity index (χ0) is 21.4. The van der Waals surface area contributed by atoms with Gasteiger partial charge in [-0.2, -0.15) is 18.3 Å². The lowest BCUT2D eigenvalue weighted by Crippen LogP contribution is -2.18. The minimum absolute atomic E-state index is 0.0304. The Balaban J connectivity index is 1.62. The molecule has 3 rings (SSSR count). The van der Waals surface area contributed by atoms with Crippen molar-refractivity contribution < 1.29 is 35.9 Å². The lowest BCUT2D eigenvalue weighted by atomic mass is 10.2. The number of aromatic nitrogens is 2. The van der Waals surface area contributed by atoms with Crippen molar-refractivity contribution in [2.45, 2.75) is 44.3 Å². The van der Waals surface area contributed by atoms with E-state index >= 15 is 0 Å². The third kappa shape index (κ3) is 5.64. The van der Waals surface area contributed by atoms with Gasteiger partial charge in [0.25, 0.3) is 0 Å². The highest BCUT2D eigenvalue weighted by Gasteiger charge is 2.41. The molecule has 29 heavy (non-hydrogen) atoms. The van der Waals surface area contributed by atoms with Crippen molar-refractivity contribution in [1.82, 2.24) is 9.78 Å². The van der Waals surface area contributed by atoms with E-state index in [-0.39, 0.29) is 29.0 Å². The molecule has 0 atom stereocenters. The maximum absolute atomic E-state index is 13.1. The van der Waals surface area contributed by atoms with Crippen LogP contribution in [0.2, 0.25) is 0 Å². The molecule has 158 valence electrons.